The van der Waals surface area contributed by atoms with Gasteiger partial charge in [0.1, 0.15) is 0 Å². The minimum absolute atomic E-state index is 0.307. The smallest absolute Gasteiger partial charge is 0.223 e. The Balaban J connectivity index is 1.17. The van der Waals surface area contributed by atoms with Crippen molar-refractivity contribution in [2.45, 2.75) is 81.2 Å². The highest BCUT2D eigenvalue weighted by Crippen LogP contribution is 2.65. The molecule has 0 N–H and O–H groups in total. The fourth-order valence-electron chi connectivity index (χ4n) is 7.63. The van der Waals surface area contributed by atoms with Gasteiger partial charge in [0.05, 0.1) is 12.7 Å². The van der Waals surface area contributed by atoms with Gasteiger partial charge in [-0.15, -0.1) is 0 Å². The van der Waals surface area contributed by atoms with E-state index in [2.05, 4.69) is 32.7 Å². The summed E-state index contributed by atoms with van der Waals surface area (Å²) < 4.78 is 6.05. The van der Waals surface area contributed by atoms with Gasteiger partial charge in [-0.2, -0.15) is 0 Å². The molecule has 2 aliphatic heterocycles. The fourth-order valence-corrected chi connectivity index (χ4v) is 9.14. The summed E-state index contributed by atoms with van der Waals surface area (Å²) in [7, 11) is 0. The number of morpholine rings is 1. The zero-order valence-electron chi connectivity index (χ0n) is 16.8. The van der Waals surface area contributed by atoms with Crippen LogP contribution in [0.3, 0.4) is 0 Å². The topological polar surface area (TPSA) is 32.8 Å². The van der Waals surface area contributed by atoms with Crippen LogP contribution in [0.5, 0.6) is 0 Å². The Kier molecular flexibility index (Phi) is 4.88. The average molecular weight is 439 g/mol. The molecule has 27 heavy (non-hydrogen) atoms. The van der Waals surface area contributed by atoms with E-state index in [1.165, 1.54) is 38.5 Å². The van der Waals surface area contributed by atoms with E-state index in [0.29, 0.717) is 27.8 Å². The molecule has 0 spiro atoms. The van der Waals surface area contributed by atoms with Crippen LogP contribution in [0.15, 0.2) is 0 Å². The van der Waals surface area contributed by atoms with Crippen molar-refractivity contribution in [3.63, 3.8) is 0 Å². The number of carbonyl (C=O) groups is 1. The lowest BCUT2D eigenvalue weighted by atomic mass is 9.48. The van der Waals surface area contributed by atoms with E-state index >= 15 is 0 Å². The molecule has 1 amide bonds. The van der Waals surface area contributed by atoms with Gasteiger partial charge in [0.25, 0.3) is 0 Å². The molecule has 0 aromatic heterocycles. The molecule has 2 saturated heterocycles. The maximum Gasteiger partial charge on any atom is 0.223 e. The number of amides is 1. The lowest BCUT2D eigenvalue weighted by Gasteiger charge is -2.60. The van der Waals surface area contributed by atoms with Crippen LogP contribution >= 0.6 is 15.9 Å². The SMILES string of the molecule is CC1CN(C2CCN(C(=O)CC34CC5CC(CC(Br)(C5)C3)C4)CC2)CCO1. The van der Waals surface area contributed by atoms with Gasteiger partial charge in [-0.1, -0.05) is 15.9 Å². The Bertz CT molecular complexity index is 575. The Morgan fingerprint density at radius 2 is 1.81 bits per heavy atom. The van der Waals surface area contributed by atoms with Crippen LogP contribution in [0.2, 0.25) is 0 Å². The summed E-state index contributed by atoms with van der Waals surface area (Å²) in [5, 5.41) is 0. The van der Waals surface area contributed by atoms with Crippen molar-refractivity contribution in [1.82, 2.24) is 9.80 Å². The molecular formula is C22H35BrN2O2. The van der Waals surface area contributed by atoms with Gasteiger partial charge in [-0.3, -0.25) is 9.69 Å². The van der Waals surface area contributed by atoms with Crippen LogP contribution < -0.4 is 0 Å². The Morgan fingerprint density at radius 1 is 1.11 bits per heavy atom. The summed E-state index contributed by atoms with van der Waals surface area (Å²) in [6.45, 7) is 7.06. The number of halogens is 1. The number of ether oxygens (including phenoxy) is 1. The fraction of sp³-hybridized carbons (Fsp3) is 0.955. The quantitative estimate of drug-likeness (QED) is 0.627. The molecule has 4 aliphatic carbocycles. The predicted octanol–water partition coefficient (Wildman–Crippen LogP) is 3.82. The van der Waals surface area contributed by atoms with Gasteiger partial charge >= 0.3 is 0 Å². The second-order valence-corrected chi connectivity index (χ2v) is 12.3. The minimum Gasteiger partial charge on any atom is -0.376 e. The number of likely N-dealkylation sites (tertiary alicyclic amines) is 1. The molecule has 4 bridgehead atoms. The largest absolute Gasteiger partial charge is 0.376 e. The highest BCUT2D eigenvalue weighted by atomic mass is 79.9. The molecule has 0 aromatic rings. The molecular weight excluding hydrogens is 404 g/mol. The van der Waals surface area contributed by atoms with E-state index in [-0.39, 0.29) is 0 Å². The first-order valence-electron chi connectivity index (χ1n) is 11.2. The van der Waals surface area contributed by atoms with Crippen molar-refractivity contribution in [2.75, 3.05) is 32.8 Å². The number of hydrogen-bond donors (Lipinski definition) is 0. The van der Waals surface area contributed by atoms with Crippen LogP contribution in [-0.2, 0) is 9.53 Å². The van der Waals surface area contributed by atoms with Crippen molar-refractivity contribution in [3.8, 4) is 0 Å². The highest BCUT2D eigenvalue weighted by molar-refractivity contribution is 9.10. The van der Waals surface area contributed by atoms with Gasteiger partial charge in [-0.25, -0.2) is 0 Å². The van der Waals surface area contributed by atoms with E-state index < -0.39 is 0 Å². The van der Waals surface area contributed by atoms with E-state index in [9.17, 15) is 4.79 Å². The monoisotopic (exact) mass is 438 g/mol. The first kappa shape index (κ1) is 18.9. The molecule has 3 atom stereocenters. The summed E-state index contributed by atoms with van der Waals surface area (Å²) >= 11 is 4.09. The first-order valence-corrected chi connectivity index (χ1v) is 12.0. The third-order valence-corrected chi connectivity index (χ3v) is 9.17. The number of rotatable bonds is 3. The molecule has 6 rings (SSSR count). The number of nitrogens with zero attached hydrogens (tertiary/aromatic N) is 2. The lowest BCUT2D eigenvalue weighted by Crippen LogP contribution is -2.55. The van der Waals surface area contributed by atoms with Crippen molar-refractivity contribution in [1.29, 1.82) is 0 Å². The number of piperidine rings is 1. The Labute approximate surface area is 172 Å². The Morgan fingerprint density at radius 3 is 2.44 bits per heavy atom. The van der Waals surface area contributed by atoms with Crippen molar-refractivity contribution in [3.05, 3.63) is 0 Å². The zero-order chi connectivity index (χ0) is 18.6. The van der Waals surface area contributed by atoms with E-state index in [1.807, 2.05) is 0 Å². The van der Waals surface area contributed by atoms with E-state index in [0.717, 1.165) is 63.9 Å². The summed E-state index contributed by atoms with van der Waals surface area (Å²) in [6, 6.07) is 0.644. The standard InChI is InChI=1S/C22H35BrN2O2/c1-16-14-25(6-7-27-16)19-2-4-24(5-3-19)20(26)13-21-9-17-8-18(10-21)12-22(23,11-17)15-21/h16-19H,2-15H2,1H3. The summed E-state index contributed by atoms with van der Waals surface area (Å²) in [4.78, 5) is 18.0. The number of hydrogen-bond acceptors (Lipinski definition) is 3. The maximum atomic E-state index is 13.2. The van der Waals surface area contributed by atoms with Crippen molar-refractivity contribution in [2.24, 2.45) is 17.3 Å². The molecule has 2 heterocycles. The van der Waals surface area contributed by atoms with Gasteiger partial charge in [-0.05, 0) is 75.5 Å². The minimum atomic E-state index is 0.307. The van der Waals surface area contributed by atoms with E-state index in [4.69, 9.17) is 4.74 Å². The molecule has 0 radical (unpaired) electrons. The summed E-state index contributed by atoms with van der Waals surface area (Å²) in [6.07, 6.45) is 11.4. The van der Waals surface area contributed by atoms with E-state index in [1.54, 1.807) is 0 Å². The summed E-state index contributed by atoms with van der Waals surface area (Å²) in [5.74, 6) is 2.18. The van der Waals surface area contributed by atoms with Gasteiger partial charge < -0.3 is 9.64 Å². The molecule has 4 saturated carbocycles. The number of carbonyl (C=O) groups excluding carboxylic acids is 1. The Hall–Kier alpha value is -0.130. The van der Waals surface area contributed by atoms with Crippen molar-refractivity contribution < 1.29 is 9.53 Å². The third kappa shape index (κ3) is 3.73. The number of alkyl halides is 1. The first-order chi connectivity index (χ1) is 12.9. The van der Waals surface area contributed by atoms with Gasteiger partial charge in [0.15, 0.2) is 0 Å². The van der Waals surface area contributed by atoms with Gasteiger partial charge in [0, 0.05) is 43.0 Å². The second kappa shape index (κ2) is 6.98. The average Bonchev–Trinajstić information content (AvgIpc) is 2.59. The molecule has 152 valence electrons. The van der Waals surface area contributed by atoms with Gasteiger partial charge in [0.2, 0.25) is 5.91 Å². The molecule has 6 aliphatic rings. The van der Waals surface area contributed by atoms with Crippen LogP contribution in [0.4, 0.5) is 0 Å². The van der Waals surface area contributed by atoms with Crippen LogP contribution in [0.1, 0.15) is 64.7 Å². The molecule has 4 nitrogen and oxygen atoms in total. The highest BCUT2D eigenvalue weighted by Gasteiger charge is 2.57. The van der Waals surface area contributed by atoms with Crippen LogP contribution in [0, 0.1) is 17.3 Å². The maximum absolute atomic E-state index is 13.2. The third-order valence-electron chi connectivity index (χ3n) is 8.24. The molecule has 6 fully saturated rings. The van der Waals surface area contributed by atoms with Crippen LogP contribution in [0.25, 0.3) is 0 Å². The van der Waals surface area contributed by atoms with Crippen LogP contribution in [-0.4, -0.2) is 65.0 Å². The molecule has 5 heteroatoms. The molecule has 3 unspecified atom stereocenters. The zero-order valence-corrected chi connectivity index (χ0v) is 18.4. The second-order valence-electron chi connectivity index (χ2n) is 10.6. The normalized spacial score (nSPS) is 45.4. The summed E-state index contributed by atoms with van der Waals surface area (Å²) in [5.41, 5.74) is 0.307. The predicted molar refractivity (Wildman–Crippen MR) is 110 cm³/mol. The molecule has 0 aromatic carbocycles. The van der Waals surface area contributed by atoms with Crippen molar-refractivity contribution >= 4 is 21.8 Å². The lowest BCUT2D eigenvalue weighted by molar-refractivity contribution is -0.140.